The Morgan fingerprint density at radius 2 is 1.62 bits per heavy atom. The predicted molar refractivity (Wildman–Crippen MR) is 82.8 cm³/mol. The number of hydrogen-bond acceptors (Lipinski definition) is 3. The minimum atomic E-state index is -0.332. The summed E-state index contributed by atoms with van der Waals surface area (Å²) < 4.78 is 0. The average Bonchev–Trinajstić information content (AvgIpc) is 2.65. The molecule has 4 nitrogen and oxygen atoms in total. The molecule has 5 heteroatoms. The van der Waals surface area contributed by atoms with Gasteiger partial charge < -0.3 is 0 Å². The van der Waals surface area contributed by atoms with Crippen LogP contribution in [-0.4, -0.2) is 16.8 Å². The molecule has 1 aliphatic rings. The Kier molecular flexibility index (Phi) is 3.18. The molecule has 1 N–H and O–H groups in total. The fourth-order valence-electron chi connectivity index (χ4n) is 2.34. The van der Waals surface area contributed by atoms with Gasteiger partial charge in [-0.1, -0.05) is 35.9 Å². The van der Waals surface area contributed by atoms with E-state index in [4.69, 9.17) is 11.6 Å². The van der Waals surface area contributed by atoms with Crippen molar-refractivity contribution < 1.29 is 9.59 Å². The van der Waals surface area contributed by atoms with E-state index in [2.05, 4.69) is 5.43 Å². The second-order valence-electron chi connectivity index (χ2n) is 4.98. The lowest BCUT2D eigenvalue weighted by Crippen LogP contribution is -2.36. The van der Waals surface area contributed by atoms with Gasteiger partial charge in [0.15, 0.2) is 0 Å². The van der Waals surface area contributed by atoms with E-state index in [0.717, 1.165) is 15.8 Å². The maximum Gasteiger partial charge on any atom is 0.275 e. The Bertz CT molecular complexity index is 787. The Morgan fingerprint density at radius 3 is 2.29 bits per heavy atom. The highest BCUT2D eigenvalue weighted by molar-refractivity contribution is 6.32. The first kappa shape index (κ1) is 13.6. The smallest absolute Gasteiger partial charge is 0.275 e. The highest BCUT2D eigenvalue weighted by atomic mass is 35.5. The third-order valence-corrected chi connectivity index (χ3v) is 3.89. The Morgan fingerprint density at radius 1 is 1.00 bits per heavy atom. The van der Waals surface area contributed by atoms with Gasteiger partial charge in [0.2, 0.25) is 0 Å². The normalized spacial score (nSPS) is 15.3. The summed E-state index contributed by atoms with van der Waals surface area (Å²) in [5.41, 5.74) is 4.43. The minimum absolute atomic E-state index is 0.332. The van der Waals surface area contributed by atoms with Gasteiger partial charge in [-0.25, -0.2) is 0 Å². The second-order valence-corrected chi connectivity index (χ2v) is 5.42. The number of amides is 2. The van der Waals surface area contributed by atoms with Gasteiger partial charge in [0.1, 0.15) is 0 Å². The van der Waals surface area contributed by atoms with Crippen LogP contribution in [0, 0.1) is 0 Å². The van der Waals surface area contributed by atoms with Crippen LogP contribution in [-0.2, 0) is 9.59 Å². The summed E-state index contributed by atoms with van der Waals surface area (Å²) in [6, 6.07) is 11.2. The molecule has 0 aromatic heterocycles. The monoisotopic (exact) mass is 300 g/mol. The van der Waals surface area contributed by atoms with Crippen molar-refractivity contribution in [3.05, 3.63) is 52.6 Å². The molecule has 0 saturated heterocycles. The molecular formula is C16H13ClN2O2. The maximum atomic E-state index is 12.1. The van der Waals surface area contributed by atoms with E-state index in [1.165, 1.54) is 0 Å². The first-order valence-electron chi connectivity index (χ1n) is 6.50. The standard InChI is InChI=1S/C16H13ClN2O2/c1-9-10(2)16(21)19(15(9)20)18-14-8-12(17)7-11-5-3-4-6-13(11)14/h3-8,18H,1-2H3. The van der Waals surface area contributed by atoms with Gasteiger partial charge in [0.25, 0.3) is 11.8 Å². The van der Waals surface area contributed by atoms with Crippen molar-refractivity contribution in [2.75, 3.05) is 5.43 Å². The zero-order valence-electron chi connectivity index (χ0n) is 11.6. The summed E-state index contributed by atoms with van der Waals surface area (Å²) in [5.74, 6) is -0.664. The lowest BCUT2D eigenvalue weighted by atomic mass is 10.1. The average molecular weight is 301 g/mol. The van der Waals surface area contributed by atoms with E-state index in [1.807, 2.05) is 30.3 Å². The number of imide groups is 1. The minimum Gasteiger partial charge on any atom is -0.288 e. The predicted octanol–water partition coefficient (Wildman–Crippen LogP) is 3.53. The van der Waals surface area contributed by atoms with Crippen molar-refractivity contribution in [1.29, 1.82) is 0 Å². The molecule has 2 aromatic rings. The highest BCUT2D eigenvalue weighted by Crippen LogP contribution is 2.30. The highest BCUT2D eigenvalue weighted by Gasteiger charge is 2.33. The number of hydrogen-bond donors (Lipinski definition) is 1. The van der Waals surface area contributed by atoms with E-state index < -0.39 is 0 Å². The van der Waals surface area contributed by atoms with Crippen molar-refractivity contribution in [2.45, 2.75) is 13.8 Å². The van der Waals surface area contributed by atoms with Crippen LogP contribution in [0.4, 0.5) is 5.69 Å². The van der Waals surface area contributed by atoms with E-state index in [1.54, 1.807) is 19.9 Å². The Labute approximate surface area is 127 Å². The van der Waals surface area contributed by atoms with Gasteiger partial charge >= 0.3 is 0 Å². The molecular weight excluding hydrogens is 288 g/mol. The van der Waals surface area contributed by atoms with Gasteiger partial charge in [-0.3, -0.25) is 15.0 Å². The first-order chi connectivity index (χ1) is 9.99. The van der Waals surface area contributed by atoms with Gasteiger partial charge in [0.05, 0.1) is 5.69 Å². The summed E-state index contributed by atoms with van der Waals surface area (Å²) in [6.45, 7) is 3.29. The molecule has 1 heterocycles. The molecule has 2 aromatic carbocycles. The van der Waals surface area contributed by atoms with Crippen LogP contribution in [0.25, 0.3) is 10.8 Å². The SMILES string of the molecule is CC1=C(C)C(=O)N(Nc2cc(Cl)cc3ccccc23)C1=O. The molecule has 0 atom stereocenters. The summed E-state index contributed by atoms with van der Waals surface area (Å²) in [4.78, 5) is 24.2. The van der Waals surface area contributed by atoms with Crippen molar-refractivity contribution in [3.8, 4) is 0 Å². The van der Waals surface area contributed by atoms with Gasteiger partial charge in [-0.2, -0.15) is 5.01 Å². The summed E-state index contributed by atoms with van der Waals surface area (Å²) >= 11 is 6.10. The van der Waals surface area contributed by atoms with E-state index >= 15 is 0 Å². The van der Waals surface area contributed by atoms with E-state index in [9.17, 15) is 9.59 Å². The van der Waals surface area contributed by atoms with Crippen molar-refractivity contribution >= 4 is 39.9 Å². The van der Waals surface area contributed by atoms with Crippen molar-refractivity contribution in [1.82, 2.24) is 5.01 Å². The number of nitrogens with zero attached hydrogens (tertiary/aromatic N) is 1. The molecule has 106 valence electrons. The number of fused-ring (bicyclic) bond motifs is 1. The van der Waals surface area contributed by atoms with Crippen molar-refractivity contribution in [2.24, 2.45) is 0 Å². The first-order valence-corrected chi connectivity index (χ1v) is 6.88. The maximum absolute atomic E-state index is 12.1. The topological polar surface area (TPSA) is 49.4 Å². The van der Waals surface area contributed by atoms with E-state index in [0.29, 0.717) is 21.9 Å². The molecule has 0 saturated carbocycles. The van der Waals surface area contributed by atoms with Crippen LogP contribution < -0.4 is 5.43 Å². The third kappa shape index (κ3) is 2.17. The fourth-order valence-corrected chi connectivity index (χ4v) is 2.56. The Hall–Kier alpha value is -2.33. The van der Waals surface area contributed by atoms with E-state index in [-0.39, 0.29) is 11.8 Å². The molecule has 0 unspecified atom stereocenters. The molecule has 0 fully saturated rings. The number of rotatable bonds is 2. The molecule has 0 bridgehead atoms. The lowest BCUT2D eigenvalue weighted by molar-refractivity contribution is -0.135. The Balaban J connectivity index is 2.04. The lowest BCUT2D eigenvalue weighted by Gasteiger charge is -2.19. The van der Waals surface area contributed by atoms with Crippen molar-refractivity contribution in [3.63, 3.8) is 0 Å². The summed E-state index contributed by atoms with van der Waals surface area (Å²) in [6.07, 6.45) is 0. The number of carbonyl (C=O) groups is 2. The number of nitrogens with one attached hydrogen (secondary N) is 1. The van der Waals surface area contributed by atoms with Crippen LogP contribution >= 0.6 is 11.6 Å². The van der Waals surface area contributed by atoms with Crippen LogP contribution in [0.5, 0.6) is 0 Å². The number of carbonyl (C=O) groups excluding carboxylic acids is 2. The molecule has 3 rings (SSSR count). The van der Waals surface area contributed by atoms with Crippen LogP contribution in [0.3, 0.4) is 0 Å². The summed E-state index contributed by atoms with van der Waals surface area (Å²) in [5, 5.41) is 3.40. The molecule has 0 radical (unpaired) electrons. The molecule has 1 aliphatic heterocycles. The third-order valence-electron chi connectivity index (χ3n) is 3.67. The molecule has 21 heavy (non-hydrogen) atoms. The van der Waals surface area contributed by atoms with Crippen LogP contribution in [0.2, 0.25) is 5.02 Å². The fraction of sp³-hybridized carbons (Fsp3) is 0.125. The van der Waals surface area contributed by atoms with Gasteiger partial charge in [0, 0.05) is 21.6 Å². The van der Waals surface area contributed by atoms with Crippen LogP contribution in [0.15, 0.2) is 47.5 Å². The van der Waals surface area contributed by atoms with Gasteiger partial charge in [-0.15, -0.1) is 0 Å². The molecule has 2 amide bonds. The largest absolute Gasteiger partial charge is 0.288 e. The summed E-state index contributed by atoms with van der Waals surface area (Å²) in [7, 11) is 0. The number of hydrazine groups is 1. The second kappa shape index (κ2) is 4.90. The molecule has 0 spiro atoms. The van der Waals surface area contributed by atoms with Crippen LogP contribution in [0.1, 0.15) is 13.8 Å². The number of benzene rings is 2. The zero-order chi connectivity index (χ0) is 15.1. The quantitative estimate of drug-likeness (QED) is 0.863. The molecule has 0 aliphatic carbocycles. The zero-order valence-corrected chi connectivity index (χ0v) is 12.4. The number of anilines is 1. The van der Waals surface area contributed by atoms with Gasteiger partial charge in [-0.05, 0) is 31.4 Å². The number of halogens is 1.